The molecule has 2 N–H and O–H groups in total. The molecule has 0 spiro atoms. The molecule has 0 atom stereocenters. The molecule has 0 bridgehead atoms. The van der Waals surface area contributed by atoms with Gasteiger partial charge >= 0.3 is 0 Å². The average molecular weight is 262 g/mol. The van der Waals surface area contributed by atoms with Gasteiger partial charge < -0.3 is 10.6 Å². The molecule has 0 saturated carbocycles. The second-order valence-electron chi connectivity index (χ2n) is 4.72. The van der Waals surface area contributed by atoms with Crippen molar-refractivity contribution in [2.75, 3.05) is 10.6 Å². The molecule has 0 aliphatic rings. The molecule has 0 radical (unpaired) electrons. The zero-order valence-corrected chi connectivity index (χ0v) is 11.9. The Bertz CT molecular complexity index is 455. The van der Waals surface area contributed by atoms with Gasteiger partial charge in [0.2, 0.25) is 11.8 Å². The summed E-state index contributed by atoms with van der Waals surface area (Å²) in [6.45, 7) is 5.49. The van der Waals surface area contributed by atoms with E-state index >= 15 is 0 Å². The van der Waals surface area contributed by atoms with E-state index < -0.39 is 0 Å². The van der Waals surface area contributed by atoms with Crippen LogP contribution in [0.1, 0.15) is 45.1 Å². The van der Waals surface area contributed by atoms with Gasteiger partial charge in [0.25, 0.3) is 0 Å². The molecule has 1 aromatic carbocycles. The van der Waals surface area contributed by atoms with Crippen LogP contribution in [0, 0.1) is 6.92 Å². The molecule has 19 heavy (non-hydrogen) atoms. The fourth-order valence-corrected chi connectivity index (χ4v) is 1.78. The molecular weight excluding hydrogens is 240 g/mol. The van der Waals surface area contributed by atoms with E-state index in [0.717, 1.165) is 36.2 Å². The van der Waals surface area contributed by atoms with Gasteiger partial charge in [0.15, 0.2) is 0 Å². The summed E-state index contributed by atoms with van der Waals surface area (Å²) in [6.07, 6.45) is 3.62. The summed E-state index contributed by atoms with van der Waals surface area (Å²) in [4.78, 5) is 22.8. The van der Waals surface area contributed by atoms with Gasteiger partial charge in [-0.15, -0.1) is 0 Å². The Balaban J connectivity index is 2.63. The van der Waals surface area contributed by atoms with Crippen molar-refractivity contribution >= 4 is 23.2 Å². The lowest BCUT2D eigenvalue weighted by Gasteiger charge is -2.10. The first-order valence-electron chi connectivity index (χ1n) is 6.71. The van der Waals surface area contributed by atoms with Crippen LogP contribution < -0.4 is 10.6 Å². The van der Waals surface area contributed by atoms with Crippen molar-refractivity contribution in [2.45, 2.75) is 46.5 Å². The molecule has 0 aromatic heterocycles. The van der Waals surface area contributed by atoms with Crippen LogP contribution in [0.4, 0.5) is 11.4 Å². The fourth-order valence-electron chi connectivity index (χ4n) is 1.78. The number of amides is 2. The van der Waals surface area contributed by atoms with Crippen molar-refractivity contribution in [2.24, 2.45) is 0 Å². The molecule has 2 amide bonds. The predicted octanol–water partition coefficient (Wildman–Crippen LogP) is 3.47. The number of benzene rings is 1. The Labute approximate surface area is 114 Å². The van der Waals surface area contributed by atoms with Crippen LogP contribution in [0.2, 0.25) is 0 Å². The highest BCUT2D eigenvalue weighted by Crippen LogP contribution is 2.20. The Morgan fingerprint density at radius 2 is 1.89 bits per heavy atom. The van der Waals surface area contributed by atoms with Crippen molar-refractivity contribution in [1.82, 2.24) is 0 Å². The molecule has 0 saturated heterocycles. The van der Waals surface area contributed by atoms with E-state index in [1.165, 1.54) is 6.92 Å². The van der Waals surface area contributed by atoms with Crippen LogP contribution in [0.15, 0.2) is 18.2 Å². The van der Waals surface area contributed by atoms with Gasteiger partial charge in [0, 0.05) is 24.7 Å². The van der Waals surface area contributed by atoms with E-state index in [9.17, 15) is 9.59 Å². The molecule has 4 nitrogen and oxygen atoms in total. The minimum atomic E-state index is -0.116. The molecule has 0 aliphatic heterocycles. The number of hydrogen-bond acceptors (Lipinski definition) is 2. The lowest BCUT2D eigenvalue weighted by Crippen LogP contribution is -2.12. The maximum Gasteiger partial charge on any atom is 0.224 e. The van der Waals surface area contributed by atoms with Crippen LogP contribution in [0.3, 0.4) is 0 Å². The Hall–Kier alpha value is -1.84. The highest BCUT2D eigenvalue weighted by Gasteiger charge is 2.05. The highest BCUT2D eigenvalue weighted by molar-refractivity contribution is 5.93. The Morgan fingerprint density at radius 3 is 2.53 bits per heavy atom. The minimum absolute atomic E-state index is 0.0195. The van der Waals surface area contributed by atoms with Crippen LogP contribution in [0.5, 0.6) is 0 Å². The Morgan fingerprint density at radius 1 is 1.16 bits per heavy atom. The summed E-state index contributed by atoms with van der Waals surface area (Å²) in [6, 6.07) is 5.51. The maximum atomic E-state index is 11.7. The highest BCUT2D eigenvalue weighted by atomic mass is 16.2. The van der Waals surface area contributed by atoms with Crippen molar-refractivity contribution < 1.29 is 9.59 Å². The second kappa shape index (κ2) is 7.56. The van der Waals surface area contributed by atoms with Crippen molar-refractivity contribution in [1.29, 1.82) is 0 Å². The molecule has 0 unspecified atom stereocenters. The van der Waals surface area contributed by atoms with Crippen LogP contribution in [-0.4, -0.2) is 11.8 Å². The van der Waals surface area contributed by atoms with E-state index in [0.29, 0.717) is 6.42 Å². The van der Waals surface area contributed by atoms with Crippen LogP contribution in [-0.2, 0) is 9.59 Å². The first-order chi connectivity index (χ1) is 9.02. The van der Waals surface area contributed by atoms with Gasteiger partial charge in [-0.05, 0) is 31.0 Å². The average Bonchev–Trinajstić information content (AvgIpc) is 2.33. The van der Waals surface area contributed by atoms with E-state index in [4.69, 9.17) is 0 Å². The summed E-state index contributed by atoms with van der Waals surface area (Å²) in [5, 5.41) is 5.60. The zero-order valence-electron chi connectivity index (χ0n) is 11.9. The third-order valence-corrected chi connectivity index (χ3v) is 2.84. The molecule has 1 aromatic rings. The number of carbonyl (C=O) groups is 2. The van der Waals surface area contributed by atoms with Crippen molar-refractivity contribution in [3.05, 3.63) is 23.8 Å². The number of rotatable bonds is 6. The molecule has 0 fully saturated rings. The van der Waals surface area contributed by atoms with Crippen molar-refractivity contribution in [3.8, 4) is 0 Å². The van der Waals surface area contributed by atoms with Gasteiger partial charge in [-0.25, -0.2) is 0 Å². The lowest BCUT2D eigenvalue weighted by molar-refractivity contribution is -0.116. The van der Waals surface area contributed by atoms with Crippen LogP contribution >= 0.6 is 0 Å². The van der Waals surface area contributed by atoms with E-state index in [1.807, 2.05) is 19.1 Å². The molecule has 4 heteroatoms. The Kier molecular flexibility index (Phi) is 6.06. The topological polar surface area (TPSA) is 58.2 Å². The van der Waals surface area contributed by atoms with Gasteiger partial charge in [-0.1, -0.05) is 25.8 Å². The van der Waals surface area contributed by atoms with E-state index in [-0.39, 0.29) is 11.8 Å². The van der Waals surface area contributed by atoms with Crippen LogP contribution in [0.25, 0.3) is 0 Å². The minimum Gasteiger partial charge on any atom is -0.326 e. The zero-order chi connectivity index (χ0) is 14.3. The number of aryl methyl sites for hydroxylation is 1. The molecule has 1 rings (SSSR count). The number of carbonyl (C=O) groups excluding carboxylic acids is 2. The van der Waals surface area contributed by atoms with E-state index in [1.54, 1.807) is 6.07 Å². The summed E-state index contributed by atoms with van der Waals surface area (Å²) < 4.78 is 0. The van der Waals surface area contributed by atoms with Gasteiger partial charge in [-0.2, -0.15) is 0 Å². The van der Waals surface area contributed by atoms with Gasteiger partial charge in [0.1, 0.15) is 0 Å². The smallest absolute Gasteiger partial charge is 0.224 e. The molecule has 104 valence electrons. The number of anilines is 2. The van der Waals surface area contributed by atoms with Crippen molar-refractivity contribution in [3.63, 3.8) is 0 Å². The normalized spacial score (nSPS) is 10.1. The molecule has 0 heterocycles. The molecule has 0 aliphatic carbocycles. The lowest BCUT2D eigenvalue weighted by atomic mass is 10.1. The quantitative estimate of drug-likeness (QED) is 0.771. The van der Waals surface area contributed by atoms with E-state index in [2.05, 4.69) is 17.6 Å². The molecular formula is C15H22N2O2. The van der Waals surface area contributed by atoms with Gasteiger partial charge in [0.05, 0.1) is 0 Å². The first-order valence-corrected chi connectivity index (χ1v) is 6.71. The second-order valence-corrected chi connectivity index (χ2v) is 4.72. The van der Waals surface area contributed by atoms with Gasteiger partial charge in [-0.3, -0.25) is 9.59 Å². The maximum absolute atomic E-state index is 11.7. The first kappa shape index (κ1) is 15.2. The number of nitrogens with one attached hydrogen (secondary N) is 2. The monoisotopic (exact) mass is 262 g/mol. The summed E-state index contributed by atoms with van der Waals surface area (Å²) in [5.41, 5.74) is 2.42. The summed E-state index contributed by atoms with van der Waals surface area (Å²) >= 11 is 0. The third kappa shape index (κ3) is 5.55. The third-order valence-electron chi connectivity index (χ3n) is 2.84. The summed E-state index contributed by atoms with van der Waals surface area (Å²) in [5.74, 6) is -0.0967. The number of hydrogen-bond donors (Lipinski definition) is 2. The predicted molar refractivity (Wildman–Crippen MR) is 78.3 cm³/mol. The SMILES string of the molecule is CCCCCC(=O)Nc1ccc(C)c(NC(C)=O)c1. The standard InChI is InChI=1S/C15H22N2O2/c1-4-5-6-7-15(19)17-13-9-8-11(2)14(10-13)16-12(3)18/h8-10H,4-7H2,1-3H3,(H,16,18)(H,17,19). The number of unbranched alkanes of at least 4 members (excludes halogenated alkanes) is 2. The largest absolute Gasteiger partial charge is 0.326 e. The fraction of sp³-hybridized carbons (Fsp3) is 0.467. The summed E-state index contributed by atoms with van der Waals surface area (Å²) in [7, 11) is 0.